The van der Waals surface area contributed by atoms with Crippen LogP contribution in [0.2, 0.25) is 0 Å². The Balaban J connectivity index is 1.21. The monoisotopic (exact) mass is 540 g/mol. The average Bonchev–Trinajstić information content (AvgIpc) is 3.45. The fourth-order valence-electron chi connectivity index (χ4n) is 9.37. The highest BCUT2D eigenvalue weighted by atomic mass is 32.2. The van der Waals surface area contributed by atoms with Crippen LogP contribution in [0.15, 0.2) is 57.9 Å². The molecular weight excluding hydrogens is 500 g/mol. The Kier molecular flexibility index (Phi) is 6.56. The van der Waals surface area contributed by atoms with Crippen molar-refractivity contribution in [2.24, 2.45) is 46.3 Å². The molecule has 7 heteroatoms. The van der Waals surface area contributed by atoms with Gasteiger partial charge in [-0.05, 0) is 109 Å². The number of fused-ring (bicyclic) bond motifs is 5. The van der Waals surface area contributed by atoms with Crippen LogP contribution < -0.4 is 10.0 Å². The molecule has 8 atom stereocenters. The third-order valence-electron chi connectivity index (χ3n) is 11.3. The quantitative estimate of drug-likeness (QED) is 0.478. The predicted octanol–water partition coefficient (Wildman–Crippen LogP) is 6.04. The van der Waals surface area contributed by atoms with Gasteiger partial charge in [-0.15, -0.1) is 11.3 Å². The molecule has 2 N–H and O–H groups in total. The summed E-state index contributed by atoms with van der Waals surface area (Å²) in [7, 11) is -3.43. The molecule has 0 aromatic carbocycles. The van der Waals surface area contributed by atoms with E-state index in [1.54, 1.807) is 12.1 Å². The lowest BCUT2D eigenvalue weighted by Gasteiger charge is -2.61. The molecule has 0 amide bonds. The summed E-state index contributed by atoms with van der Waals surface area (Å²) in [5.74, 6) is 3.15. The number of thiophene rings is 1. The summed E-state index contributed by atoms with van der Waals surface area (Å²) in [6, 6.07) is 3.48. The van der Waals surface area contributed by atoms with Gasteiger partial charge in [0.05, 0.1) is 5.92 Å². The number of rotatable bonds is 5. The minimum atomic E-state index is -3.43. The summed E-state index contributed by atoms with van der Waals surface area (Å²) < 4.78 is 29.0. The van der Waals surface area contributed by atoms with Crippen molar-refractivity contribution >= 4 is 27.1 Å². The Morgan fingerprint density at radius 3 is 2.62 bits per heavy atom. The van der Waals surface area contributed by atoms with Crippen LogP contribution in [0.1, 0.15) is 65.2 Å². The third-order valence-corrected chi connectivity index (χ3v) is 14.1. The predicted molar refractivity (Wildman–Crippen MR) is 148 cm³/mol. The fraction of sp³-hybridized carbons (Fsp3) is 0.633. The highest BCUT2D eigenvalue weighted by molar-refractivity contribution is 7.91. The van der Waals surface area contributed by atoms with Crippen molar-refractivity contribution in [3.63, 3.8) is 0 Å². The molecule has 4 aliphatic carbocycles. The van der Waals surface area contributed by atoms with Gasteiger partial charge in [-0.1, -0.05) is 32.1 Å². The van der Waals surface area contributed by atoms with Crippen LogP contribution in [0.3, 0.4) is 0 Å². The van der Waals surface area contributed by atoms with E-state index in [2.05, 4.69) is 30.0 Å². The van der Waals surface area contributed by atoms with E-state index in [9.17, 15) is 13.2 Å². The summed E-state index contributed by atoms with van der Waals surface area (Å²) in [4.78, 5) is 13.3. The molecule has 4 fully saturated rings. The summed E-state index contributed by atoms with van der Waals surface area (Å²) in [5, 5.41) is 5.25. The molecule has 0 saturated heterocycles. The first kappa shape index (κ1) is 25.6. The number of ketones is 1. The molecule has 2 heterocycles. The van der Waals surface area contributed by atoms with Crippen molar-refractivity contribution in [3.8, 4) is 0 Å². The number of allylic oxidation sites excluding steroid dienone is 5. The van der Waals surface area contributed by atoms with Gasteiger partial charge in [0, 0.05) is 24.9 Å². The fourth-order valence-corrected chi connectivity index (χ4v) is 11.5. The smallest absolute Gasteiger partial charge is 0.250 e. The largest absolute Gasteiger partial charge is 0.364 e. The molecule has 4 saturated carbocycles. The maximum Gasteiger partial charge on any atom is 0.250 e. The van der Waals surface area contributed by atoms with Crippen LogP contribution in [0, 0.1) is 46.3 Å². The van der Waals surface area contributed by atoms with E-state index >= 15 is 0 Å². The van der Waals surface area contributed by atoms with Gasteiger partial charge in [0.15, 0.2) is 0 Å². The van der Waals surface area contributed by atoms with Crippen molar-refractivity contribution in [1.82, 2.24) is 10.0 Å². The summed E-state index contributed by atoms with van der Waals surface area (Å²) in [5.41, 5.74) is 1.45. The van der Waals surface area contributed by atoms with Crippen molar-refractivity contribution in [1.29, 1.82) is 0 Å². The van der Waals surface area contributed by atoms with Crippen LogP contribution in [-0.2, 0) is 14.8 Å². The molecule has 1 aliphatic heterocycles. The normalized spacial score (nSPS) is 41.2. The number of hydrogen-bond acceptors (Lipinski definition) is 5. The lowest BCUT2D eigenvalue weighted by atomic mass is 9.43. The van der Waals surface area contributed by atoms with Gasteiger partial charge in [-0.2, -0.15) is 0 Å². The van der Waals surface area contributed by atoms with E-state index < -0.39 is 10.0 Å². The molecular formula is C30H40N2O3S2. The van der Waals surface area contributed by atoms with Gasteiger partial charge >= 0.3 is 0 Å². The molecule has 5 nitrogen and oxygen atoms in total. The molecule has 200 valence electrons. The molecule has 2 unspecified atom stereocenters. The Hall–Kier alpha value is -1.70. The zero-order valence-electron chi connectivity index (χ0n) is 22.0. The number of hydrogen-bond donors (Lipinski definition) is 2. The summed E-state index contributed by atoms with van der Waals surface area (Å²) in [6.45, 7) is 5.49. The van der Waals surface area contributed by atoms with Crippen molar-refractivity contribution in [2.45, 2.75) is 69.4 Å². The first-order chi connectivity index (χ1) is 17.7. The van der Waals surface area contributed by atoms with E-state index in [1.807, 2.05) is 29.8 Å². The highest BCUT2D eigenvalue weighted by Crippen LogP contribution is 2.68. The van der Waals surface area contributed by atoms with Gasteiger partial charge in [0.2, 0.25) is 10.0 Å². The topological polar surface area (TPSA) is 75.3 Å². The molecule has 0 radical (unpaired) electrons. The second kappa shape index (κ2) is 9.49. The standard InChI is InChI=1S/C30H40N2O3S2/c1-29-15-13-23-21(22(29)11-9-20(29)19-32-37(34,35)27-8-6-18-36-27)10-12-24-28(25-7-4-3-5-17-31-25)26(33)14-16-30(23,24)2/h3-8,17-18,20-24,28,31-32H,9-16,19H2,1-2H3/t20?,21-,22-,23-,24-,28?,29+,30+/m0/s1. The van der Waals surface area contributed by atoms with Crippen LogP contribution in [0.25, 0.3) is 0 Å². The molecule has 0 spiro atoms. The van der Waals surface area contributed by atoms with Gasteiger partial charge < -0.3 is 5.32 Å². The first-order valence-electron chi connectivity index (χ1n) is 14.1. The molecule has 1 aromatic rings. The number of Topliss-reactive ketones (excluding diaryl/α,β-unsaturated/α-hetero) is 1. The SMILES string of the molecule is C[C@]12CCC(=O)C(C3=CC=CC=CN3)[C@@H]1CC[C@@H]1[C@@H]2CC[C@]2(C)C(CNS(=O)(=O)c3cccs3)CC[C@@H]12. The minimum Gasteiger partial charge on any atom is -0.364 e. The lowest BCUT2D eigenvalue weighted by Crippen LogP contribution is -2.57. The first-order valence-corrected chi connectivity index (χ1v) is 16.5. The number of nitrogens with one attached hydrogen (secondary N) is 2. The Morgan fingerprint density at radius 2 is 1.81 bits per heavy atom. The van der Waals surface area contributed by atoms with Crippen LogP contribution in [-0.4, -0.2) is 20.7 Å². The van der Waals surface area contributed by atoms with Crippen molar-refractivity contribution in [3.05, 3.63) is 53.7 Å². The van der Waals surface area contributed by atoms with Crippen molar-refractivity contribution in [2.75, 3.05) is 6.54 Å². The van der Waals surface area contributed by atoms with E-state index in [0.717, 1.165) is 31.4 Å². The van der Waals surface area contributed by atoms with Gasteiger partial charge in [-0.25, -0.2) is 13.1 Å². The van der Waals surface area contributed by atoms with E-state index in [-0.39, 0.29) is 16.7 Å². The Morgan fingerprint density at radius 1 is 1.00 bits per heavy atom. The Bertz CT molecular complexity index is 1230. The van der Waals surface area contributed by atoms with Crippen molar-refractivity contribution < 1.29 is 13.2 Å². The maximum atomic E-state index is 13.3. The van der Waals surface area contributed by atoms with E-state index in [4.69, 9.17) is 0 Å². The van der Waals surface area contributed by atoms with Gasteiger partial charge in [0.1, 0.15) is 9.99 Å². The average molecular weight is 541 g/mol. The molecule has 6 rings (SSSR count). The zero-order chi connectivity index (χ0) is 25.8. The molecule has 5 aliphatic rings. The second-order valence-corrected chi connectivity index (χ2v) is 15.6. The second-order valence-electron chi connectivity index (χ2n) is 12.6. The Labute approximate surface area is 225 Å². The van der Waals surface area contributed by atoms with Gasteiger partial charge in [-0.3, -0.25) is 4.79 Å². The summed E-state index contributed by atoms with van der Waals surface area (Å²) >= 11 is 1.28. The van der Waals surface area contributed by atoms with Gasteiger partial charge in [0.25, 0.3) is 0 Å². The summed E-state index contributed by atoms with van der Waals surface area (Å²) in [6.07, 6.45) is 18.8. The zero-order valence-corrected chi connectivity index (χ0v) is 23.6. The highest BCUT2D eigenvalue weighted by Gasteiger charge is 2.62. The molecule has 0 bridgehead atoms. The maximum absolute atomic E-state index is 13.3. The minimum absolute atomic E-state index is 0.0246. The number of carbonyl (C=O) groups excluding carboxylic acids is 1. The third kappa shape index (κ3) is 4.20. The van der Waals surface area contributed by atoms with E-state index in [0.29, 0.717) is 52.5 Å². The number of carbonyl (C=O) groups is 1. The van der Waals surface area contributed by atoms with Crippen LogP contribution in [0.4, 0.5) is 0 Å². The van der Waals surface area contributed by atoms with Crippen LogP contribution >= 0.6 is 11.3 Å². The van der Waals surface area contributed by atoms with E-state index in [1.165, 1.54) is 30.6 Å². The lowest BCUT2D eigenvalue weighted by molar-refractivity contribution is -0.148. The molecule has 1 aromatic heterocycles. The molecule has 37 heavy (non-hydrogen) atoms. The number of sulfonamides is 1. The van der Waals surface area contributed by atoms with Crippen LogP contribution in [0.5, 0.6) is 0 Å².